The first kappa shape index (κ1) is 12.9. The number of halogens is 3. The second-order valence-corrected chi connectivity index (χ2v) is 4.50. The summed E-state index contributed by atoms with van der Waals surface area (Å²) >= 11 is 0. The third-order valence-corrected chi connectivity index (χ3v) is 3.32. The zero-order chi connectivity index (χ0) is 13.3. The molecule has 1 aliphatic heterocycles. The minimum Gasteiger partial charge on any atom is -0.334 e. The molecule has 0 spiro atoms. The van der Waals surface area contributed by atoms with E-state index in [1.165, 1.54) is 0 Å². The van der Waals surface area contributed by atoms with Crippen LogP contribution in [-0.2, 0) is 17.6 Å². The number of rotatable bonds is 0. The van der Waals surface area contributed by atoms with Crippen molar-refractivity contribution in [3.63, 3.8) is 0 Å². The molecule has 1 amide bonds. The average molecular weight is 257 g/mol. The summed E-state index contributed by atoms with van der Waals surface area (Å²) in [5.74, 6) is -1.73. The Morgan fingerprint density at radius 3 is 2.56 bits per heavy atom. The molecule has 0 atom stereocenters. The topological polar surface area (TPSA) is 20.3 Å². The van der Waals surface area contributed by atoms with Crippen molar-refractivity contribution in [2.45, 2.75) is 25.9 Å². The van der Waals surface area contributed by atoms with Crippen molar-refractivity contribution in [2.24, 2.45) is 0 Å². The summed E-state index contributed by atoms with van der Waals surface area (Å²) < 4.78 is 37.1. The second kappa shape index (κ2) is 4.63. The van der Waals surface area contributed by atoms with Gasteiger partial charge >= 0.3 is 12.1 Å². The number of fused-ring (bicyclic) bond motifs is 1. The smallest absolute Gasteiger partial charge is 0.334 e. The highest BCUT2D eigenvalue weighted by atomic mass is 19.4. The molecule has 0 aliphatic carbocycles. The maximum absolute atomic E-state index is 12.4. The van der Waals surface area contributed by atoms with Crippen molar-refractivity contribution in [3.8, 4) is 0 Å². The van der Waals surface area contributed by atoms with E-state index in [9.17, 15) is 18.0 Å². The fraction of sp³-hybridized carbons (Fsp3) is 0.462. The van der Waals surface area contributed by atoms with Gasteiger partial charge in [0.25, 0.3) is 0 Å². The van der Waals surface area contributed by atoms with E-state index in [1.54, 1.807) is 0 Å². The molecule has 0 saturated carbocycles. The maximum Gasteiger partial charge on any atom is 0.471 e. The third kappa shape index (κ3) is 2.49. The molecule has 0 radical (unpaired) electrons. The maximum atomic E-state index is 12.4. The van der Waals surface area contributed by atoms with Crippen LogP contribution in [-0.4, -0.2) is 30.1 Å². The minimum absolute atomic E-state index is 0.134. The summed E-state index contributed by atoms with van der Waals surface area (Å²) in [6.45, 7) is 2.21. The molecule has 2 rings (SSSR count). The predicted molar refractivity (Wildman–Crippen MR) is 61.2 cm³/mol. The van der Waals surface area contributed by atoms with Gasteiger partial charge in [0.05, 0.1) is 0 Å². The number of benzene rings is 1. The van der Waals surface area contributed by atoms with Gasteiger partial charge in [0.2, 0.25) is 0 Å². The molecule has 5 heteroatoms. The highest BCUT2D eigenvalue weighted by Gasteiger charge is 2.42. The zero-order valence-corrected chi connectivity index (χ0v) is 10.0. The molecular formula is C13H14F3NO. The normalized spacial score (nSPS) is 16.1. The van der Waals surface area contributed by atoms with Crippen LogP contribution >= 0.6 is 0 Å². The fourth-order valence-electron chi connectivity index (χ4n) is 2.35. The van der Waals surface area contributed by atoms with Crippen molar-refractivity contribution in [2.75, 3.05) is 13.1 Å². The number of carbonyl (C=O) groups is 1. The Bertz CT molecular complexity index is 468. The van der Waals surface area contributed by atoms with Crippen LogP contribution in [0.3, 0.4) is 0 Å². The molecule has 98 valence electrons. The van der Waals surface area contributed by atoms with Gasteiger partial charge < -0.3 is 4.90 Å². The molecule has 0 saturated heterocycles. The fourth-order valence-corrected chi connectivity index (χ4v) is 2.35. The van der Waals surface area contributed by atoms with Crippen LogP contribution in [0.2, 0.25) is 0 Å². The van der Waals surface area contributed by atoms with Crippen LogP contribution < -0.4 is 0 Å². The highest BCUT2D eigenvalue weighted by molar-refractivity contribution is 5.82. The molecule has 1 aliphatic rings. The molecule has 0 aromatic heterocycles. The Labute approximate surface area is 103 Å². The van der Waals surface area contributed by atoms with Gasteiger partial charge in [-0.25, -0.2) is 0 Å². The van der Waals surface area contributed by atoms with Crippen LogP contribution in [0.15, 0.2) is 18.2 Å². The first-order chi connectivity index (χ1) is 8.39. The Morgan fingerprint density at radius 1 is 1.22 bits per heavy atom. The Balaban J connectivity index is 2.18. The van der Waals surface area contributed by atoms with Crippen molar-refractivity contribution < 1.29 is 18.0 Å². The van der Waals surface area contributed by atoms with Gasteiger partial charge in [-0.15, -0.1) is 0 Å². The number of nitrogens with zero attached hydrogens (tertiary/aromatic N) is 1. The van der Waals surface area contributed by atoms with Gasteiger partial charge in [0.15, 0.2) is 0 Å². The standard InChI is InChI=1S/C13H14F3NO/c1-9-3-2-4-10-5-7-17(8-6-11(9)10)12(18)13(14,15)16/h2-4H,5-8H2,1H3. The molecule has 1 aromatic carbocycles. The molecule has 0 N–H and O–H groups in total. The van der Waals surface area contributed by atoms with E-state index in [0.29, 0.717) is 12.8 Å². The van der Waals surface area contributed by atoms with Crippen molar-refractivity contribution in [1.82, 2.24) is 4.90 Å². The number of hydrogen-bond donors (Lipinski definition) is 0. The van der Waals surface area contributed by atoms with E-state index in [-0.39, 0.29) is 13.1 Å². The summed E-state index contributed by atoms with van der Waals surface area (Å²) in [6.07, 6.45) is -3.80. The molecule has 0 bridgehead atoms. The zero-order valence-electron chi connectivity index (χ0n) is 10.0. The largest absolute Gasteiger partial charge is 0.471 e. The van der Waals surface area contributed by atoms with Crippen molar-refractivity contribution in [1.29, 1.82) is 0 Å². The minimum atomic E-state index is -4.77. The summed E-state index contributed by atoms with van der Waals surface area (Å²) in [7, 11) is 0. The van der Waals surface area contributed by atoms with E-state index in [4.69, 9.17) is 0 Å². The Morgan fingerprint density at radius 2 is 1.89 bits per heavy atom. The van der Waals surface area contributed by atoms with Crippen LogP contribution in [0.5, 0.6) is 0 Å². The lowest BCUT2D eigenvalue weighted by atomic mass is 9.98. The first-order valence-electron chi connectivity index (χ1n) is 5.83. The summed E-state index contributed by atoms with van der Waals surface area (Å²) in [4.78, 5) is 12.1. The SMILES string of the molecule is Cc1cccc2c1CCN(C(=O)C(F)(F)F)CC2. The monoisotopic (exact) mass is 257 g/mol. The Hall–Kier alpha value is -1.52. The third-order valence-electron chi connectivity index (χ3n) is 3.32. The van der Waals surface area contributed by atoms with E-state index >= 15 is 0 Å². The number of alkyl halides is 3. The molecule has 0 unspecified atom stereocenters. The van der Waals surface area contributed by atoms with Crippen LogP contribution in [0.25, 0.3) is 0 Å². The molecule has 1 aromatic rings. The van der Waals surface area contributed by atoms with Gasteiger partial charge in [0, 0.05) is 13.1 Å². The van der Waals surface area contributed by atoms with Crippen LogP contribution in [0, 0.1) is 6.92 Å². The molecular weight excluding hydrogens is 243 g/mol. The van der Waals surface area contributed by atoms with Crippen molar-refractivity contribution >= 4 is 5.91 Å². The quantitative estimate of drug-likeness (QED) is 0.699. The molecule has 2 nitrogen and oxygen atoms in total. The molecule has 18 heavy (non-hydrogen) atoms. The van der Waals surface area contributed by atoms with Gasteiger partial charge in [-0.2, -0.15) is 13.2 Å². The lowest BCUT2D eigenvalue weighted by Crippen LogP contribution is -2.42. The first-order valence-corrected chi connectivity index (χ1v) is 5.83. The average Bonchev–Trinajstić information content (AvgIpc) is 2.50. The molecule has 0 fully saturated rings. The van der Waals surface area contributed by atoms with Crippen LogP contribution in [0.4, 0.5) is 13.2 Å². The van der Waals surface area contributed by atoms with E-state index in [0.717, 1.165) is 21.6 Å². The van der Waals surface area contributed by atoms with Gasteiger partial charge in [-0.05, 0) is 36.5 Å². The Kier molecular flexibility index (Phi) is 3.32. The lowest BCUT2D eigenvalue weighted by Gasteiger charge is -2.21. The summed E-state index contributed by atoms with van der Waals surface area (Å²) in [6, 6.07) is 5.76. The number of amides is 1. The number of carbonyl (C=O) groups excluding carboxylic acids is 1. The van der Waals surface area contributed by atoms with Gasteiger partial charge in [-0.1, -0.05) is 18.2 Å². The second-order valence-electron chi connectivity index (χ2n) is 4.50. The predicted octanol–water partition coefficient (Wildman–Crippen LogP) is 2.48. The lowest BCUT2D eigenvalue weighted by molar-refractivity contribution is -0.185. The summed E-state index contributed by atoms with van der Waals surface area (Å²) in [5, 5.41) is 0. The van der Waals surface area contributed by atoms with Crippen LogP contribution in [0.1, 0.15) is 16.7 Å². The van der Waals surface area contributed by atoms with E-state index in [2.05, 4.69) is 0 Å². The van der Waals surface area contributed by atoms with E-state index in [1.807, 2.05) is 25.1 Å². The van der Waals surface area contributed by atoms with E-state index < -0.39 is 12.1 Å². The number of hydrogen-bond acceptors (Lipinski definition) is 1. The van der Waals surface area contributed by atoms with Gasteiger partial charge in [0.1, 0.15) is 0 Å². The molecule has 1 heterocycles. The number of aryl methyl sites for hydroxylation is 1. The highest BCUT2D eigenvalue weighted by Crippen LogP contribution is 2.23. The van der Waals surface area contributed by atoms with Gasteiger partial charge in [-0.3, -0.25) is 4.79 Å². The van der Waals surface area contributed by atoms with Crippen molar-refractivity contribution in [3.05, 3.63) is 34.9 Å². The summed E-state index contributed by atoms with van der Waals surface area (Å²) in [5.41, 5.74) is 3.20.